The predicted molar refractivity (Wildman–Crippen MR) is 104 cm³/mol. The van der Waals surface area contributed by atoms with Crippen molar-refractivity contribution in [1.82, 2.24) is 4.98 Å². The number of hydrogen-bond acceptors (Lipinski definition) is 7. The van der Waals surface area contributed by atoms with Gasteiger partial charge in [0.05, 0.1) is 12.8 Å². The van der Waals surface area contributed by atoms with Gasteiger partial charge in [0, 0.05) is 12.1 Å². The second kappa shape index (κ2) is 10.1. The number of nitrogens with two attached hydrogens (primary N) is 2. The Hall–Kier alpha value is -2.93. The van der Waals surface area contributed by atoms with Crippen molar-refractivity contribution in [2.45, 2.75) is 29.9 Å². The molecule has 0 spiro atoms. The summed E-state index contributed by atoms with van der Waals surface area (Å²) in [6.07, 6.45) is -0.159. The summed E-state index contributed by atoms with van der Waals surface area (Å²) in [5, 5.41) is 8.41. The molecule has 1 aromatic rings. The lowest BCUT2D eigenvalue weighted by Gasteiger charge is -2.45. The first kappa shape index (κ1) is 25.3. The minimum Gasteiger partial charge on any atom is -0.477 e. The molecule has 1 unspecified atom stereocenters. The van der Waals surface area contributed by atoms with Crippen molar-refractivity contribution in [3.63, 3.8) is 0 Å². The van der Waals surface area contributed by atoms with E-state index in [0.29, 0.717) is 0 Å². The summed E-state index contributed by atoms with van der Waals surface area (Å²) in [4.78, 5) is 15.3. The first-order valence-corrected chi connectivity index (χ1v) is 9.14. The molecule has 0 fully saturated rings. The van der Waals surface area contributed by atoms with Crippen LogP contribution in [0.5, 0.6) is 5.75 Å². The van der Waals surface area contributed by atoms with E-state index in [2.05, 4.69) is 14.7 Å². The molecule has 1 aliphatic carbocycles. The van der Waals surface area contributed by atoms with Crippen molar-refractivity contribution in [2.24, 2.45) is 16.5 Å². The summed E-state index contributed by atoms with van der Waals surface area (Å²) in [6.45, 7) is -3.54. The third-order valence-corrected chi connectivity index (χ3v) is 5.05. The lowest BCUT2D eigenvalue weighted by atomic mass is 9.77. The maximum absolute atomic E-state index is 14.1. The number of aromatic carboxylic acids is 1. The number of alkyl halides is 5. The Kier molecular flexibility index (Phi) is 8.02. The Balaban J connectivity index is 0.000000244. The van der Waals surface area contributed by atoms with Crippen LogP contribution in [0.1, 0.15) is 16.9 Å². The molecular weight excluding hydrogens is 467 g/mol. The second-order valence-corrected chi connectivity index (χ2v) is 7.26. The van der Waals surface area contributed by atoms with E-state index < -0.39 is 41.9 Å². The van der Waals surface area contributed by atoms with Crippen LogP contribution >= 0.6 is 11.6 Å². The molecule has 8 nitrogen and oxygen atoms in total. The average molecular weight is 485 g/mol. The molecule has 0 aromatic carbocycles. The largest absolute Gasteiger partial charge is 0.477 e. The average Bonchev–Trinajstić information content (AvgIpc) is 2.71. The molecule has 1 aromatic heterocycles. The molecule has 0 amide bonds. The summed E-state index contributed by atoms with van der Waals surface area (Å²) in [6, 6.07) is 2.20. The monoisotopic (exact) mass is 484 g/mol. The van der Waals surface area contributed by atoms with Crippen LogP contribution in [0, 0.1) is 0 Å². The van der Waals surface area contributed by atoms with E-state index in [1.807, 2.05) is 0 Å². The summed E-state index contributed by atoms with van der Waals surface area (Å²) < 4.78 is 73.2. The quantitative estimate of drug-likeness (QED) is 0.432. The third-order valence-electron chi connectivity index (χ3n) is 4.41. The maximum atomic E-state index is 14.1. The molecule has 1 aliphatic heterocycles. The highest BCUT2D eigenvalue weighted by Crippen LogP contribution is 2.49. The number of carbonyl (C=O) groups is 1. The van der Waals surface area contributed by atoms with Gasteiger partial charge in [-0.3, -0.25) is 4.99 Å². The molecule has 0 saturated heterocycles. The number of pyridine rings is 1. The number of aliphatic imine (C=N–C) groups is 1. The van der Waals surface area contributed by atoms with E-state index >= 15 is 0 Å². The van der Waals surface area contributed by atoms with E-state index in [1.165, 1.54) is 6.08 Å². The number of hydrogen-bond donors (Lipinski definition) is 3. The number of ether oxygens (including phenoxy) is 2. The third kappa shape index (κ3) is 5.46. The number of carboxylic acid groups (broad SMARTS) is 1. The van der Waals surface area contributed by atoms with Crippen LogP contribution in [0.4, 0.5) is 22.0 Å². The van der Waals surface area contributed by atoms with E-state index in [-0.39, 0.29) is 36.0 Å². The van der Waals surface area contributed by atoms with Crippen molar-refractivity contribution >= 4 is 23.4 Å². The molecule has 32 heavy (non-hydrogen) atoms. The highest BCUT2D eigenvalue weighted by Gasteiger charge is 2.61. The molecule has 5 N–H and O–H groups in total. The van der Waals surface area contributed by atoms with Gasteiger partial charge < -0.3 is 26.0 Å². The number of nitrogens with zero attached hydrogens (tertiary/aromatic N) is 2. The molecule has 2 heterocycles. The first-order chi connectivity index (χ1) is 14.9. The zero-order valence-electron chi connectivity index (χ0n) is 16.2. The second-order valence-electron chi connectivity index (χ2n) is 6.62. The first-order valence-electron chi connectivity index (χ1n) is 8.77. The van der Waals surface area contributed by atoms with Gasteiger partial charge in [0.25, 0.3) is 6.43 Å². The van der Waals surface area contributed by atoms with Crippen molar-refractivity contribution in [3.05, 3.63) is 47.7 Å². The summed E-state index contributed by atoms with van der Waals surface area (Å²) >= 11 is 6.13. The smallest absolute Gasteiger partial charge is 0.387 e. The molecule has 0 bridgehead atoms. The zero-order chi connectivity index (χ0) is 24.1. The minimum absolute atomic E-state index is 0.0852. The maximum Gasteiger partial charge on any atom is 0.387 e. The van der Waals surface area contributed by atoms with Gasteiger partial charge in [0.2, 0.25) is 0 Å². The molecule has 2 atom stereocenters. The lowest BCUT2D eigenvalue weighted by Crippen LogP contribution is -2.61. The fourth-order valence-electron chi connectivity index (χ4n) is 2.90. The zero-order valence-corrected chi connectivity index (χ0v) is 16.9. The Bertz CT molecular complexity index is 928. The molecule has 176 valence electrons. The van der Waals surface area contributed by atoms with Crippen LogP contribution in [0.3, 0.4) is 0 Å². The van der Waals surface area contributed by atoms with Gasteiger partial charge in [-0.25, -0.2) is 22.9 Å². The standard InChI is InChI=1S/C11H13ClF3N3O.C7H5F2NO3/c12-10(3-6(16)1-2-7(10)13)11(9(14)15)5-19-4-8(17)18-11;8-7(9)13-4-1-2-5(6(11)12)10-3-4/h1-2,9H,3-5,16H2,(H2,17,18);1-3,7H,(H,11,12)/t10?,11-;/m1./s1. The summed E-state index contributed by atoms with van der Waals surface area (Å²) in [7, 11) is 0. The number of amidine groups is 1. The number of aromatic nitrogens is 1. The van der Waals surface area contributed by atoms with Gasteiger partial charge in [0.1, 0.15) is 34.6 Å². The van der Waals surface area contributed by atoms with Crippen LogP contribution < -0.4 is 16.2 Å². The fourth-order valence-corrected chi connectivity index (χ4v) is 3.29. The van der Waals surface area contributed by atoms with Gasteiger partial charge in [-0.1, -0.05) is 0 Å². The molecule has 0 saturated carbocycles. The highest BCUT2D eigenvalue weighted by molar-refractivity contribution is 6.27. The lowest BCUT2D eigenvalue weighted by molar-refractivity contribution is -0.0500. The van der Waals surface area contributed by atoms with E-state index in [4.69, 9.17) is 32.9 Å². The number of rotatable bonds is 5. The van der Waals surface area contributed by atoms with Crippen LogP contribution in [0.2, 0.25) is 0 Å². The predicted octanol–water partition coefficient (Wildman–Crippen LogP) is 2.84. The van der Waals surface area contributed by atoms with Crippen molar-refractivity contribution in [2.75, 3.05) is 13.2 Å². The van der Waals surface area contributed by atoms with Gasteiger partial charge >= 0.3 is 12.6 Å². The molecule has 0 radical (unpaired) electrons. The molecule has 2 aliphatic rings. The van der Waals surface area contributed by atoms with E-state index in [1.54, 1.807) is 0 Å². The van der Waals surface area contributed by atoms with Gasteiger partial charge in [-0.15, -0.1) is 11.6 Å². The van der Waals surface area contributed by atoms with E-state index in [0.717, 1.165) is 24.4 Å². The Labute approximate surface area is 183 Å². The Morgan fingerprint density at radius 1 is 1.25 bits per heavy atom. The van der Waals surface area contributed by atoms with Gasteiger partial charge in [0.15, 0.2) is 5.54 Å². The fraction of sp³-hybridized carbons (Fsp3) is 0.389. The van der Waals surface area contributed by atoms with Crippen molar-refractivity contribution in [1.29, 1.82) is 0 Å². The van der Waals surface area contributed by atoms with Crippen molar-refractivity contribution in [3.8, 4) is 5.75 Å². The Morgan fingerprint density at radius 2 is 1.94 bits per heavy atom. The molecule has 14 heteroatoms. The Morgan fingerprint density at radius 3 is 2.44 bits per heavy atom. The highest BCUT2D eigenvalue weighted by atomic mass is 35.5. The van der Waals surface area contributed by atoms with Crippen LogP contribution in [-0.2, 0) is 4.74 Å². The van der Waals surface area contributed by atoms with Crippen LogP contribution in [0.25, 0.3) is 0 Å². The normalized spacial score (nSPS) is 25.3. The summed E-state index contributed by atoms with van der Waals surface area (Å²) in [5.41, 5.74) is 8.70. The summed E-state index contributed by atoms with van der Waals surface area (Å²) in [5.74, 6) is -2.46. The van der Waals surface area contributed by atoms with Gasteiger partial charge in [-0.2, -0.15) is 8.78 Å². The van der Waals surface area contributed by atoms with Crippen LogP contribution in [-0.4, -0.2) is 58.6 Å². The van der Waals surface area contributed by atoms with Crippen molar-refractivity contribution < 1.29 is 41.3 Å². The molecule has 3 rings (SSSR count). The molecular formula is C18H18ClF5N4O4. The number of carboxylic acids is 1. The number of halogens is 6. The van der Waals surface area contributed by atoms with Crippen LogP contribution in [0.15, 0.2) is 47.0 Å². The SMILES string of the molecule is NC1=CC=C(F)C(Cl)([C@]2(C(F)F)COCC(N)=N2)C1.O=C(O)c1ccc(OC(F)F)cn1. The van der Waals surface area contributed by atoms with Gasteiger partial charge in [-0.05, 0) is 24.3 Å². The number of allylic oxidation sites excluding steroid dienone is 3. The van der Waals surface area contributed by atoms with E-state index in [9.17, 15) is 26.7 Å². The minimum atomic E-state index is -3.05. The topological polar surface area (TPSA) is 133 Å².